The van der Waals surface area contributed by atoms with Gasteiger partial charge in [0.05, 0.1) is 6.54 Å². The lowest BCUT2D eigenvalue weighted by Gasteiger charge is -2.05. The third kappa shape index (κ3) is 3.08. The SMILES string of the molecule is Cc1ccc(C(=O)NC2CC2)cc1C#CCN. The first-order chi connectivity index (χ1) is 8.20. The van der Waals surface area contributed by atoms with Crippen molar-refractivity contribution >= 4 is 5.91 Å². The van der Waals surface area contributed by atoms with Crippen LogP contribution in [0.1, 0.15) is 34.3 Å². The van der Waals surface area contributed by atoms with Crippen LogP contribution in [0.3, 0.4) is 0 Å². The highest BCUT2D eigenvalue weighted by Gasteiger charge is 2.23. The lowest BCUT2D eigenvalue weighted by molar-refractivity contribution is 0.0951. The van der Waals surface area contributed by atoms with Crippen LogP contribution in [0, 0.1) is 18.8 Å². The molecule has 0 aliphatic heterocycles. The molecule has 1 aromatic carbocycles. The van der Waals surface area contributed by atoms with Gasteiger partial charge in [-0.3, -0.25) is 4.79 Å². The lowest BCUT2D eigenvalue weighted by Crippen LogP contribution is -2.25. The number of carbonyl (C=O) groups is 1. The molecule has 1 aliphatic carbocycles. The van der Waals surface area contributed by atoms with Crippen molar-refractivity contribution < 1.29 is 4.79 Å². The summed E-state index contributed by atoms with van der Waals surface area (Å²) >= 11 is 0. The predicted octanol–water partition coefficient (Wildman–Crippen LogP) is 1.20. The van der Waals surface area contributed by atoms with Gasteiger partial charge in [-0.2, -0.15) is 0 Å². The molecule has 0 saturated heterocycles. The Bertz CT molecular complexity index is 493. The Balaban J connectivity index is 2.19. The number of benzene rings is 1. The van der Waals surface area contributed by atoms with Crippen LogP contribution in [0.5, 0.6) is 0 Å². The third-order valence-corrected chi connectivity index (χ3v) is 2.74. The highest BCUT2D eigenvalue weighted by molar-refractivity contribution is 5.95. The summed E-state index contributed by atoms with van der Waals surface area (Å²) in [6.07, 6.45) is 2.19. The standard InChI is InChI=1S/C14H16N2O/c1-10-4-5-12(9-11(10)3-2-8-15)14(17)16-13-6-7-13/h4-5,9,13H,6-8,15H2,1H3,(H,16,17). The maximum atomic E-state index is 11.8. The van der Waals surface area contributed by atoms with Gasteiger partial charge in [0.25, 0.3) is 5.91 Å². The Labute approximate surface area is 101 Å². The van der Waals surface area contributed by atoms with Crippen molar-refractivity contribution in [2.75, 3.05) is 6.54 Å². The number of carbonyl (C=O) groups excluding carboxylic acids is 1. The third-order valence-electron chi connectivity index (χ3n) is 2.74. The zero-order valence-electron chi connectivity index (χ0n) is 9.92. The van der Waals surface area contributed by atoms with E-state index in [1.165, 1.54) is 0 Å². The molecule has 2 rings (SSSR count). The summed E-state index contributed by atoms with van der Waals surface area (Å²) in [5.41, 5.74) is 7.95. The molecule has 3 heteroatoms. The van der Waals surface area contributed by atoms with Crippen molar-refractivity contribution in [2.45, 2.75) is 25.8 Å². The van der Waals surface area contributed by atoms with Gasteiger partial charge in [0, 0.05) is 17.2 Å². The van der Waals surface area contributed by atoms with Gasteiger partial charge in [-0.05, 0) is 37.5 Å². The molecular weight excluding hydrogens is 212 g/mol. The molecule has 0 aromatic heterocycles. The molecule has 3 N–H and O–H groups in total. The molecule has 1 amide bonds. The highest BCUT2D eigenvalue weighted by Crippen LogP contribution is 2.19. The van der Waals surface area contributed by atoms with Crippen LogP contribution in [0.2, 0.25) is 0 Å². The number of nitrogens with one attached hydrogen (secondary N) is 1. The van der Waals surface area contributed by atoms with Crippen LogP contribution in [0.25, 0.3) is 0 Å². The summed E-state index contributed by atoms with van der Waals surface area (Å²) in [5, 5.41) is 2.96. The van der Waals surface area contributed by atoms with Crippen molar-refractivity contribution in [1.82, 2.24) is 5.32 Å². The topological polar surface area (TPSA) is 55.1 Å². The lowest BCUT2D eigenvalue weighted by atomic mass is 10.0. The number of amides is 1. The second-order valence-electron chi connectivity index (χ2n) is 4.28. The van der Waals surface area contributed by atoms with Crippen LogP contribution in [0.15, 0.2) is 18.2 Å². The molecule has 0 unspecified atom stereocenters. The van der Waals surface area contributed by atoms with Crippen LogP contribution in [-0.2, 0) is 0 Å². The van der Waals surface area contributed by atoms with E-state index < -0.39 is 0 Å². The average molecular weight is 228 g/mol. The van der Waals surface area contributed by atoms with E-state index in [4.69, 9.17) is 5.73 Å². The number of aryl methyl sites for hydroxylation is 1. The molecular formula is C14H16N2O. The van der Waals surface area contributed by atoms with E-state index in [0.717, 1.165) is 24.0 Å². The van der Waals surface area contributed by atoms with Crippen LogP contribution < -0.4 is 11.1 Å². The fourth-order valence-electron chi connectivity index (χ4n) is 1.54. The van der Waals surface area contributed by atoms with E-state index in [-0.39, 0.29) is 5.91 Å². The largest absolute Gasteiger partial charge is 0.349 e. The summed E-state index contributed by atoms with van der Waals surface area (Å²) in [6.45, 7) is 2.31. The summed E-state index contributed by atoms with van der Waals surface area (Å²) < 4.78 is 0. The minimum Gasteiger partial charge on any atom is -0.349 e. The summed E-state index contributed by atoms with van der Waals surface area (Å²) in [7, 11) is 0. The number of rotatable bonds is 2. The van der Waals surface area contributed by atoms with Crippen molar-refractivity contribution in [2.24, 2.45) is 5.73 Å². The summed E-state index contributed by atoms with van der Waals surface area (Å²) in [5.74, 6) is 5.78. The molecule has 0 spiro atoms. The van der Waals surface area contributed by atoms with Gasteiger partial charge < -0.3 is 11.1 Å². The van der Waals surface area contributed by atoms with Gasteiger partial charge in [0.15, 0.2) is 0 Å². The Morgan fingerprint density at radius 3 is 2.94 bits per heavy atom. The van der Waals surface area contributed by atoms with Gasteiger partial charge in [0.1, 0.15) is 0 Å². The molecule has 0 radical (unpaired) electrons. The molecule has 17 heavy (non-hydrogen) atoms. The molecule has 0 heterocycles. The monoisotopic (exact) mass is 228 g/mol. The van der Waals surface area contributed by atoms with E-state index in [1.54, 1.807) is 0 Å². The minimum absolute atomic E-state index is 0.0108. The summed E-state index contributed by atoms with van der Waals surface area (Å²) in [6, 6.07) is 5.96. The quantitative estimate of drug-likeness (QED) is 0.747. The molecule has 1 aliphatic rings. The van der Waals surface area contributed by atoms with E-state index >= 15 is 0 Å². The Kier molecular flexibility index (Phi) is 3.46. The van der Waals surface area contributed by atoms with E-state index in [2.05, 4.69) is 17.2 Å². The molecule has 1 aromatic rings. The molecule has 1 saturated carbocycles. The van der Waals surface area contributed by atoms with Gasteiger partial charge in [0.2, 0.25) is 0 Å². The fourth-order valence-corrected chi connectivity index (χ4v) is 1.54. The van der Waals surface area contributed by atoms with Gasteiger partial charge in [-0.1, -0.05) is 17.9 Å². The fraction of sp³-hybridized carbons (Fsp3) is 0.357. The smallest absolute Gasteiger partial charge is 0.251 e. The normalized spacial score (nSPS) is 13.8. The second-order valence-corrected chi connectivity index (χ2v) is 4.28. The van der Waals surface area contributed by atoms with Gasteiger partial charge in [-0.25, -0.2) is 0 Å². The Morgan fingerprint density at radius 2 is 2.29 bits per heavy atom. The number of nitrogens with two attached hydrogens (primary N) is 1. The van der Waals surface area contributed by atoms with Crippen molar-refractivity contribution in [3.05, 3.63) is 34.9 Å². The molecule has 1 fully saturated rings. The zero-order chi connectivity index (χ0) is 12.3. The first-order valence-corrected chi connectivity index (χ1v) is 5.81. The van der Waals surface area contributed by atoms with Crippen LogP contribution in [0.4, 0.5) is 0 Å². The first-order valence-electron chi connectivity index (χ1n) is 5.81. The maximum absolute atomic E-state index is 11.8. The maximum Gasteiger partial charge on any atom is 0.251 e. The van der Waals surface area contributed by atoms with Crippen LogP contribution >= 0.6 is 0 Å². The summed E-state index contributed by atoms with van der Waals surface area (Å²) in [4.78, 5) is 11.8. The van der Waals surface area contributed by atoms with E-state index in [1.807, 2.05) is 25.1 Å². The Hall–Kier alpha value is -1.79. The van der Waals surface area contributed by atoms with Gasteiger partial charge in [-0.15, -0.1) is 0 Å². The first kappa shape index (κ1) is 11.7. The van der Waals surface area contributed by atoms with Crippen molar-refractivity contribution in [1.29, 1.82) is 0 Å². The van der Waals surface area contributed by atoms with Crippen molar-refractivity contribution in [3.8, 4) is 11.8 Å². The number of hydrogen-bond donors (Lipinski definition) is 2. The zero-order valence-corrected chi connectivity index (χ0v) is 9.92. The Morgan fingerprint density at radius 1 is 1.53 bits per heavy atom. The molecule has 0 atom stereocenters. The van der Waals surface area contributed by atoms with E-state index in [9.17, 15) is 4.79 Å². The van der Waals surface area contributed by atoms with Gasteiger partial charge >= 0.3 is 0 Å². The van der Waals surface area contributed by atoms with Crippen molar-refractivity contribution in [3.63, 3.8) is 0 Å². The highest BCUT2D eigenvalue weighted by atomic mass is 16.1. The minimum atomic E-state index is -0.0108. The number of hydrogen-bond acceptors (Lipinski definition) is 2. The molecule has 88 valence electrons. The second kappa shape index (κ2) is 5.03. The molecule has 0 bridgehead atoms. The predicted molar refractivity (Wildman–Crippen MR) is 67.6 cm³/mol. The van der Waals surface area contributed by atoms with Crippen LogP contribution in [-0.4, -0.2) is 18.5 Å². The molecule has 3 nitrogen and oxygen atoms in total. The van der Waals surface area contributed by atoms with E-state index in [0.29, 0.717) is 18.2 Å². The average Bonchev–Trinajstić information content (AvgIpc) is 3.11.